The van der Waals surface area contributed by atoms with E-state index in [0.717, 1.165) is 29.5 Å². The molecular formula is C29H29BN2O6S. The minimum Gasteiger partial charge on any atom is -0.455 e. The second kappa shape index (κ2) is 9.86. The summed E-state index contributed by atoms with van der Waals surface area (Å²) >= 11 is 0. The maximum atomic E-state index is 13.3. The summed E-state index contributed by atoms with van der Waals surface area (Å²) in [5, 5.41) is 13.1. The molecular weight excluding hydrogens is 515 g/mol. The monoisotopic (exact) mass is 544 g/mol. The van der Waals surface area contributed by atoms with Crippen LogP contribution in [0.15, 0.2) is 71.1 Å². The van der Waals surface area contributed by atoms with E-state index in [1.54, 1.807) is 25.2 Å². The molecule has 1 aliphatic heterocycles. The molecule has 2 N–H and O–H groups in total. The maximum absolute atomic E-state index is 13.3. The SMILES string of the molecule is CNC(=O)c1c(-c2ccccc2)oc2cc(N(c3ccc(C4COB(O)C4)cc3)S(C)(=O)=O)c(C3CC3)cc12. The van der Waals surface area contributed by atoms with Crippen molar-refractivity contribution in [2.45, 2.75) is 31.0 Å². The highest BCUT2D eigenvalue weighted by Crippen LogP contribution is 2.49. The van der Waals surface area contributed by atoms with Crippen molar-refractivity contribution in [2.75, 3.05) is 24.2 Å². The first-order valence-corrected chi connectivity index (χ1v) is 14.9. The van der Waals surface area contributed by atoms with Crippen LogP contribution in [-0.2, 0) is 14.7 Å². The zero-order chi connectivity index (χ0) is 27.3. The van der Waals surface area contributed by atoms with Crippen molar-refractivity contribution >= 4 is 45.4 Å². The van der Waals surface area contributed by atoms with Crippen LogP contribution in [0.2, 0.25) is 6.32 Å². The molecule has 1 saturated carbocycles. The smallest absolute Gasteiger partial charge is 0.454 e. The summed E-state index contributed by atoms with van der Waals surface area (Å²) in [5.41, 5.74) is 4.52. The van der Waals surface area contributed by atoms with Crippen LogP contribution in [0.25, 0.3) is 22.3 Å². The van der Waals surface area contributed by atoms with E-state index in [2.05, 4.69) is 5.32 Å². The van der Waals surface area contributed by atoms with Gasteiger partial charge in [0.2, 0.25) is 10.0 Å². The topological polar surface area (TPSA) is 109 Å². The minimum absolute atomic E-state index is 0.0572. The van der Waals surface area contributed by atoms with Crippen molar-refractivity contribution < 1.29 is 27.3 Å². The van der Waals surface area contributed by atoms with Crippen LogP contribution >= 0.6 is 0 Å². The number of hydrogen-bond acceptors (Lipinski definition) is 6. The number of rotatable bonds is 7. The summed E-state index contributed by atoms with van der Waals surface area (Å²) < 4.78 is 39.5. The average Bonchev–Trinajstić information content (AvgIpc) is 3.57. The molecule has 2 aliphatic rings. The van der Waals surface area contributed by atoms with Crippen molar-refractivity contribution in [3.8, 4) is 11.3 Å². The fourth-order valence-corrected chi connectivity index (χ4v) is 6.44. The molecule has 39 heavy (non-hydrogen) atoms. The van der Waals surface area contributed by atoms with Gasteiger partial charge in [-0.05, 0) is 54.4 Å². The highest BCUT2D eigenvalue weighted by atomic mass is 32.2. The van der Waals surface area contributed by atoms with Gasteiger partial charge in [0.25, 0.3) is 5.91 Å². The summed E-state index contributed by atoms with van der Waals surface area (Å²) in [6.07, 6.45) is 3.58. The number of furan rings is 1. The summed E-state index contributed by atoms with van der Waals surface area (Å²) in [7, 11) is -2.93. The quantitative estimate of drug-likeness (QED) is 0.316. The Morgan fingerprint density at radius 2 is 1.77 bits per heavy atom. The summed E-state index contributed by atoms with van der Waals surface area (Å²) in [6.45, 7) is 0.425. The van der Waals surface area contributed by atoms with Gasteiger partial charge in [0, 0.05) is 36.6 Å². The lowest BCUT2D eigenvalue weighted by Crippen LogP contribution is -2.25. The van der Waals surface area contributed by atoms with Crippen LogP contribution in [0, 0.1) is 0 Å². The minimum atomic E-state index is -3.74. The number of nitrogens with zero attached hydrogens (tertiary/aromatic N) is 1. The van der Waals surface area contributed by atoms with Gasteiger partial charge in [-0.15, -0.1) is 0 Å². The van der Waals surface area contributed by atoms with E-state index in [0.29, 0.717) is 46.6 Å². The normalized spacial score (nSPS) is 17.5. The molecule has 200 valence electrons. The van der Waals surface area contributed by atoms with Gasteiger partial charge in [-0.2, -0.15) is 0 Å². The molecule has 2 fully saturated rings. The van der Waals surface area contributed by atoms with Crippen molar-refractivity contribution in [3.63, 3.8) is 0 Å². The molecule has 10 heteroatoms. The molecule has 1 saturated heterocycles. The molecule has 0 radical (unpaired) electrons. The van der Waals surface area contributed by atoms with Gasteiger partial charge in [0.15, 0.2) is 0 Å². The first-order chi connectivity index (χ1) is 18.7. The Labute approximate surface area is 227 Å². The van der Waals surface area contributed by atoms with Gasteiger partial charge in [-0.1, -0.05) is 42.5 Å². The molecule has 1 amide bonds. The number of carbonyl (C=O) groups excluding carboxylic acids is 1. The van der Waals surface area contributed by atoms with Crippen LogP contribution in [0.5, 0.6) is 0 Å². The Kier molecular flexibility index (Phi) is 6.49. The van der Waals surface area contributed by atoms with Crippen LogP contribution in [0.3, 0.4) is 0 Å². The second-order valence-electron chi connectivity index (χ2n) is 10.3. The third-order valence-corrected chi connectivity index (χ3v) is 8.54. The number of nitrogens with one attached hydrogen (secondary N) is 1. The molecule has 1 aromatic heterocycles. The third kappa shape index (κ3) is 4.84. The fraction of sp³-hybridized carbons (Fsp3) is 0.276. The first-order valence-electron chi connectivity index (χ1n) is 13.0. The standard InChI is InChI=1S/C29H29BN2O6S/c1-31-29(33)27-24-14-23(19-8-9-19)25(15-26(24)38-28(27)20-6-4-3-5-7-20)32(39(2,35)36)22-12-10-18(11-13-22)21-16-30(34)37-17-21/h3-7,10-15,19,21,34H,8-9,16-17H2,1-2H3,(H,31,33). The number of benzene rings is 3. The van der Waals surface area contributed by atoms with Crippen LogP contribution in [-0.4, -0.2) is 46.4 Å². The molecule has 2 heterocycles. The van der Waals surface area contributed by atoms with Gasteiger partial charge >= 0.3 is 7.12 Å². The maximum Gasteiger partial charge on any atom is 0.454 e. The number of sulfonamides is 1. The van der Waals surface area contributed by atoms with E-state index in [9.17, 15) is 18.2 Å². The number of amides is 1. The zero-order valence-corrected chi connectivity index (χ0v) is 22.6. The molecule has 8 nitrogen and oxygen atoms in total. The number of carbonyl (C=O) groups is 1. The Morgan fingerprint density at radius 3 is 2.36 bits per heavy atom. The van der Waals surface area contributed by atoms with E-state index in [4.69, 9.17) is 9.07 Å². The predicted octanol–water partition coefficient (Wildman–Crippen LogP) is 5.03. The molecule has 1 atom stereocenters. The highest BCUT2D eigenvalue weighted by Gasteiger charge is 2.34. The number of fused-ring (bicyclic) bond motifs is 1. The zero-order valence-electron chi connectivity index (χ0n) is 21.8. The van der Waals surface area contributed by atoms with Crippen molar-refractivity contribution in [2.24, 2.45) is 0 Å². The van der Waals surface area contributed by atoms with E-state index in [1.165, 1.54) is 10.6 Å². The molecule has 0 bridgehead atoms. The fourth-order valence-electron chi connectivity index (χ4n) is 5.42. The lowest BCUT2D eigenvalue weighted by Gasteiger charge is -2.26. The second-order valence-corrected chi connectivity index (χ2v) is 12.1. The van der Waals surface area contributed by atoms with Gasteiger partial charge < -0.3 is 19.4 Å². The first kappa shape index (κ1) is 25.7. The van der Waals surface area contributed by atoms with Crippen LogP contribution < -0.4 is 9.62 Å². The Morgan fingerprint density at radius 1 is 1.05 bits per heavy atom. The van der Waals surface area contributed by atoms with Gasteiger partial charge in [0.1, 0.15) is 11.3 Å². The summed E-state index contributed by atoms with van der Waals surface area (Å²) in [4.78, 5) is 13.0. The van der Waals surface area contributed by atoms with Crippen molar-refractivity contribution in [1.82, 2.24) is 5.32 Å². The van der Waals surface area contributed by atoms with Gasteiger partial charge in [0.05, 0.1) is 23.2 Å². The molecule has 3 aromatic carbocycles. The molecule has 4 aromatic rings. The summed E-state index contributed by atoms with van der Waals surface area (Å²) in [6, 6.07) is 20.4. The van der Waals surface area contributed by atoms with Gasteiger partial charge in [-0.3, -0.25) is 4.79 Å². The Hall–Kier alpha value is -3.60. The van der Waals surface area contributed by atoms with E-state index in [-0.39, 0.29) is 17.7 Å². The Bertz CT molecular complexity index is 1650. The Balaban J connectivity index is 1.51. The number of anilines is 2. The molecule has 1 aliphatic carbocycles. The molecule has 0 spiro atoms. The van der Waals surface area contributed by atoms with E-state index >= 15 is 0 Å². The number of hydrogen-bond donors (Lipinski definition) is 2. The van der Waals surface area contributed by atoms with Crippen molar-refractivity contribution in [1.29, 1.82) is 0 Å². The van der Waals surface area contributed by atoms with E-state index in [1.807, 2.05) is 48.5 Å². The average molecular weight is 544 g/mol. The van der Waals surface area contributed by atoms with Crippen LogP contribution in [0.4, 0.5) is 11.4 Å². The van der Waals surface area contributed by atoms with Gasteiger partial charge in [-0.25, -0.2) is 12.7 Å². The lowest BCUT2D eigenvalue weighted by molar-refractivity contribution is 0.0964. The summed E-state index contributed by atoms with van der Waals surface area (Å²) in [5.74, 6) is 0.429. The molecule has 1 unspecified atom stereocenters. The predicted molar refractivity (Wildman–Crippen MR) is 152 cm³/mol. The van der Waals surface area contributed by atoms with Crippen molar-refractivity contribution in [3.05, 3.63) is 83.4 Å². The largest absolute Gasteiger partial charge is 0.455 e. The lowest BCUT2D eigenvalue weighted by atomic mass is 9.79. The highest BCUT2D eigenvalue weighted by molar-refractivity contribution is 7.92. The third-order valence-electron chi connectivity index (χ3n) is 7.47. The molecule has 6 rings (SSSR count). The van der Waals surface area contributed by atoms with E-state index < -0.39 is 17.1 Å². The van der Waals surface area contributed by atoms with Crippen LogP contribution in [0.1, 0.15) is 46.2 Å².